The summed E-state index contributed by atoms with van der Waals surface area (Å²) in [5.41, 5.74) is 7.04. The monoisotopic (exact) mass is 312 g/mol. The summed E-state index contributed by atoms with van der Waals surface area (Å²) in [6, 6.07) is 4.67. The highest BCUT2D eigenvalue weighted by Gasteiger charge is 2.15. The summed E-state index contributed by atoms with van der Waals surface area (Å²) in [7, 11) is -3.71. The lowest BCUT2D eigenvalue weighted by molar-refractivity contribution is 0.223. The number of primary sulfonamides is 1. The molecule has 1 fully saturated rings. The van der Waals surface area contributed by atoms with E-state index in [-0.39, 0.29) is 10.9 Å². The molecule has 6 nitrogen and oxygen atoms in total. The Hall–Kier alpha value is -1.31. The molecule has 0 aromatic heterocycles. The van der Waals surface area contributed by atoms with Crippen molar-refractivity contribution in [2.24, 2.45) is 5.14 Å². The number of nitrogens with one attached hydrogen (secondary N) is 1. The molecule has 0 bridgehead atoms. The van der Waals surface area contributed by atoms with E-state index in [0.717, 1.165) is 19.6 Å². The lowest BCUT2D eigenvalue weighted by atomic mass is 10.1. The first-order chi connectivity index (χ1) is 9.86. The van der Waals surface area contributed by atoms with Crippen LogP contribution in [0.5, 0.6) is 0 Å². The fourth-order valence-electron chi connectivity index (χ4n) is 2.68. The van der Waals surface area contributed by atoms with Gasteiger partial charge >= 0.3 is 0 Å². The van der Waals surface area contributed by atoms with Crippen molar-refractivity contribution in [1.29, 1.82) is 0 Å². The molecular weight excluding hydrogens is 288 g/mol. The summed E-state index contributed by atoms with van der Waals surface area (Å²) in [6.07, 6.45) is 3.80. The summed E-state index contributed by atoms with van der Waals surface area (Å²) >= 11 is 0. The van der Waals surface area contributed by atoms with Crippen LogP contribution in [-0.2, 0) is 10.0 Å². The molecule has 1 heterocycles. The minimum Gasteiger partial charge on any atom is -0.397 e. The van der Waals surface area contributed by atoms with Gasteiger partial charge in [-0.2, -0.15) is 0 Å². The summed E-state index contributed by atoms with van der Waals surface area (Å²) < 4.78 is 22.8. The number of hydrogen-bond acceptors (Lipinski definition) is 5. The van der Waals surface area contributed by atoms with Gasteiger partial charge in [0, 0.05) is 12.6 Å². The Morgan fingerprint density at radius 2 is 1.95 bits per heavy atom. The van der Waals surface area contributed by atoms with E-state index >= 15 is 0 Å². The SMILES string of the molecule is CC(CN1CCCCC1)Nc1cc(S(N)(=O)=O)ccc1N. The first-order valence-electron chi connectivity index (χ1n) is 7.27. The minimum absolute atomic E-state index is 0.0735. The molecule has 118 valence electrons. The van der Waals surface area contributed by atoms with Gasteiger partial charge in [-0.25, -0.2) is 13.6 Å². The van der Waals surface area contributed by atoms with Crippen molar-refractivity contribution in [3.05, 3.63) is 18.2 Å². The Balaban J connectivity index is 2.04. The Morgan fingerprint density at radius 1 is 1.29 bits per heavy atom. The number of nitrogen functional groups attached to an aromatic ring is 1. The number of benzene rings is 1. The average Bonchev–Trinajstić information content (AvgIpc) is 2.41. The van der Waals surface area contributed by atoms with Crippen LogP contribution in [0.15, 0.2) is 23.1 Å². The zero-order valence-corrected chi connectivity index (χ0v) is 13.2. The van der Waals surface area contributed by atoms with Crippen LogP contribution in [0.3, 0.4) is 0 Å². The second-order valence-corrected chi connectivity index (χ2v) is 7.26. The van der Waals surface area contributed by atoms with E-state index in [1.165, 1.54) is 31.4 Å². The number of sulfonamides is 1. The second kappa shape index (κ2) is 6.64. The van der Waals surface area contributed by atoms with E-state index < -0.39 is 10.0 Å². The second-order valence-electron chi connectivity index (χ2n) is 5.70. The molecule has 2 rings (SSSR count). The number of likely N-dealkylation sites (tertiary alicyclic amines) is 1. The third-order valence-corrected chi connectivity index (χ3v) is 4.65. The number of rotatable bonds is 5. The van der Waals surface area contributed by atoms with Crippen molar-refractivity contribution in [2.45, 2.75) is 37.1 Å². The Bertz CT molecular complexity index is 583. The topological polar surface area (TPSA) is 101 Å². The van der Waals surface area contributed by atoms with E-state index in [2.05, 4.69) is 17.1 Å². The fourth-order valence-corrected chi connectivity index (χ4v) is 3.22. The number of nitrogens with zero attached hydrogens (tertiary/aromatic N) is 1. The van der Waals surface area contributed by atoms with Crippen LogP contribution in [0.25, 0.3) is 0 Å². The Labute approximate surface area is 126 Å². The predicted molar refractivity (Wildman–Crippen MR) is 85.6 cm³/mol. The standard InChI is InChI=1S/C14H24N4O2S/c1-11(10-18-7-3-2-4-8-18)17-14-9-12(21(16,19)20)5-6-13(14)15/h5-6,9,11,17H,2-4,7-8,10,15H2,1H3,(H2,16,19,20). The summed E-state index contributed by atoms with van der Waals surface area (Å²) in [4.78, 5) is 2.49. The van der Waals surface area contributed by atoms with E-state index in [9.17, 15) is 8.42 Å². The van der Waals surface area contributed by atoms with Crippen molar-refractivity contribution in [3.8, 4) is 0 Å². The highest BCUT2D eigenvalue weighted by atomic mass is 32.2. The number of hydrogen-bond donors (Lipinski definition) is 3. The molecule has 21 heavy (non-hydrogen) atoms. The highest BCUT2D eigenvalue weighted by Crippen LogP contribution is 2.23. The molecule has 0 amide bonds. The van der Waals surface area contributed by atoms with Crippen LogP contribution in [0.1, 0.15) is 26.2 Å². The molecule has 7 heteroatoms. The quantitative estimate of drug-likeness (QED) is 0.709. The van der Waals surface area contributed by atoms with Crippen molar-refractivity contribution in [2.75, 3.05) is 30.7 Å². The van der Waals surface area contributed by atoms with Crippen LogP contribution in [0, 0.1) is 0 Å². The largest absolute Gasteiger partial charge is 0.397 e. The van der Waals surface area contributed by atoms with Crippen molar-refractivity contribution in [3.63, 3.8) is 0 Å². The van der Waals surface area contributed by atoms with E-state index in [1.807, 2.05) is 0 Å². The number of piperidine rings is 1. The predicted octanol–water partition coefficient (Wildman–Crippen LogP) is 1.20. The first-order valence-corrected chi connectivity index (χ1v) is 8.82. The van der Waals surface area contributed by atoms with Gasteiger partial charge < -0.3 is 16.0 Å². The highest BCUT2D eigenvalue weighted by molar-refractivity contribution is 7.89. The average molecular weight is 312 g/mol. The van der Waals surface area contributed by atoms with Crippen LogP contribution in [-0.4, -0.2) is 39.0 Å². The molecule has 1 aliphatic rings. The lowest BCUT2D eigenvalue weighted by Gasteiger charge is -2.30. The normalized spacial score (nSPS) is 18.4. The van der Waals surface area contributed by atoms with Crippen LogP contribution < -0.4 is 16.2 Å². The molecule has 0 spiro atoms. The molecule has 5 N–H and O–H groups in total. The Morgan fingerprint density at radius 3 is 2.57 bits per heavy atom. The van der Waals surface area contributed by atoms with Gasteiger partial charge in [-0.3, -0.25) is 0 Å². The van der Waals surface area contributed by atoms with Gasteiger partial charge in [0.1, 0.15) is 0 Å². The van der Waals surface area contributed by atoms with E-state index in [4.69, 9.17) is 10.9 Å². The van der Waals surface area contributed by atoms with Gasteiger partial charge in [0.2, 0.25) is 10.0 Å². The van der Waals surface area contributed by atoms with Gasteiger partial charge in [-0.15, -0.1) is 0 Å². The van der Waals surface area contributed by atoms with E-state index in [0.29, 0.717) is 11.4 Å². The van der Waals surface area contributed by atoms with Crippen LogP contribution >= 0.6 is 0 Å². The number of nitrogens with two attached hydrogens (primary N) is 2. The zero-order valence-electron chi connectivity index (χ0n) is 12.4. The molecule has 1 saturated heterocycles. The Kier molecular flexibility index (Phi) is 5.08. The van der Waals surface area contributed by atoms with Crippen molar-refractivity contribution >= 4 is 21.4 Å². The minimum atomic E-state index is -3.71. The summed E-state index contributed by atoms with van der Waals surface area (Å²) in [5, 5.41) is 8.43. The van der Waals surface area contributed by atoms with Crippen LogP contribution in [0.4, 0.5) is 11.4 Å². The van der Waals surface area contributed by atoms with Gasteiger partial charge in [0.25, 0.3) is 0 Å². The van der Waals surface area contributed by atoms with Gasteiger partial charge in [0.05, 0.1) is 16.3 Å². The molecule has 1 aliphatic heterocycles. The van der Waals surface area contributed by atoms with Gasteiger partial charge in [-0.1, -0.05) is 6.42 Å². The molecular formula is C14H24N4O2S. The summed E-state index contributed by atoms with van der Waals surface area (Å²) in [6.45, 7) is 5.23. The van der Waals surface area contributed by atoms with E-state index in [1.54, 1.807) is 6.07 Å². The molecule has 0 saturated carbocycles. The van der Waals surface area contributed by atoms with Crippen molar-refractivity contribution < 1.29 is 8.42 Å². The summed E-state index contributed by atoms with van der Waals surface area (Å²) in [5.74, 6) is 0. The maximum Gasteiger partial charge on any atom is 0.238 e. The molecule has 1 aromatic carbocycles. The lowest BCUT2D eigenvalue weighted by Crippen LogP contribution is -2.38. The maximum atomic E-state index is 11.4. The third kappa shape index (κ3) is 4.59. The smallest absolute Gasteiger partial charge is 0.238 e. The molecule has 0 aliphatic carbocycles. The first kappa shape index (κ1) is 16.1. The van der Waals surface area contributed by atoms with Crippen molar-refractivity contribution in [1.82, 2.24) is 4.90 Å². The van der Waals surface area contributed by atoms with Crippen LogP contribution in [0.2, 0.25) is 0 Å². The van der Waals surface area contributed by atoms with Gasteiger partial charge in [-0.05, 0) is 51.1 Å². The molecule has 1 aromatic rings. The zero-order chi connectivity index (χ0) is 15.5. The molecule has 1 atom stereocenters. The molecule has 0 radical (unpaired) electrons. The fraction of sp³-hybridized carbons (Fsp3) is 0.571. The van der Waals surface area contributed by atoms with Gasteiger partial charge in [0.15, 0.2) is 0 Å². The molecule has 1 unspecified atom stereocenters. The number of anilines is 2. The maximum absolute atomic E-state index is 11.4. The third-order valence-electron chi connectivity index (χ3n) is 3.74.